The van der Waals surface area contributed by atoms with Crippen molar-refractivity contribution >= 4 is 39.9 Å². The Balaban J connectivity index is 1.38. The van der Waals surface area contributed by atoms with Gasteiger partial charge in [0, 0.05) is 28.5 Å². The molecule has 1 aromatic carbocycles. The topological polar surface area (TPSA) is 116 Å². The van der Waals surface area contributed by atoms with Crippen LogP contribution < -0.4 is 11.1 Å². The lowest BCUT2D eigenvalue weighted by Gasteiger charge is -2.10. The van der Waals surface area contributed by atoms with Crippen LogP contribution in [-0.4, -0.2) is 37.3 Å². The molecule has 2 amide bonds. The van der Waals surface area contributed by atoms with Gasteiger partial charge >= 0.3 is 0 Å². The van der Waals surface area contributed by atoms with E-state index in [0.717, 1.165) is 41.0 Å². The summed E-state index contributed by atoms with van der Waals surface area (Å²) in [5.41, 5.74) is 8.75. The quantitative estimate of drug-likeness (QED) is 0.393. The summed E-state index contributed by atoms with van der Waals surface area (Å²) in [7, 11) is 0. The van der Waals surface area contributed by atoms with Gasteiger partial charge in [0.05, 0.1) is 11.3 Å². The van der Waals surface area contributed by atoms with E-state index in [1.54, 1.807) is 12.4 Å². The van der Waals surface area contributed by atoms with Gasteiger partial charge < -0.3 is 11.1 Å². The summed E-state index contributed by atoms with van der Waals surface area (Å²) in [6.07, 6.45) is 6.19. The van der Waals surface area contributed by atoms with Crippen LogP contribution in [-0.2, 0) is 17.6 Å². The van der Waals surface area contributed by atoms with Crippen LogP contribution in [0.1, 0.15) is 27.2 Å². The summed E-state index contributed by atoms with van der Waals surface area (Å²) >= 11 is 2.72. The van der Waals surface area contributed by atoms with Crippen molar-refractivity contribution in [2.75, 3.05) is 11.1 Å². The summed E-state index contributed by atoms with van der Waals surface area (Å²) in [5.74, 6) is 0.0249. The molecule has 8 nitrogen and oxygen atoms in total. The van der Waals surface area contributed by atoms with Crippen LogP contribution in [0.15, 0.2) is 60.0 Å². The van der Waals surface area contributed by atoms with E-state index < -0.39 is 5.91 Å². The van der Waals surface area contributed by atoms with Gasteiger partial charge in [-0.05, 0) is 49.1 Å². The number of nitrogens with zero attached hydrogens (tertiary/aromatic N) is 4. The zero-order chi connectivity index (χ0) is 22.8. The predicted molar refractivity (Wildman–Crippen MR) is 129 cm³/mol. The van der Waals surface area contributed by atoms with Gasteiger partial charge in [0.15, 0.2) is 11.0 Å². The second kappa shape index (κ2) is 9.16. The van der Waals surface area contributed by atoms with E-state index in [-0.39, 0.29) is 11.7 Å². The molecule has 0 saturated carbocycles. The molecular weight excluding hydrogens is 456 g/mol. The summed E-state index contributed by atoms with van der Waals surface area (Å²) in [6, 6.07) is 13.5. The van der Waals surface area contributed by atoms with E-state index in [0.29, 0.717) is 21.5 Å². The van der Waals surface area contributed by atoms with Crippen LogP contribution in [0.2, 0.25) is 0 Å². The SMILES string of the molecule is NC(=O)c1c(NC(=O)CSc2nnc(-c3cccnc3)n2-c2ccccc2)sc2c1CCC2. The lowest BCUT2D eigenvalue weighted by Crippen LogP contribution is -2.19. The van der Waals surface area contributed by atoms with Crippen molar-refractivity contribution in [2.24, 2.45) is 5.73 Å². The molecule has 5 rings (SSSR count). The minimum absolute atomic E-state index is 0.110. The van der Waals surface area contributed by atoms with E-state index in [1.165, 1.54) is 23.1 Å². The van der Waals surface area contributed by atoms with Gasteiger partial charge in [0.1, 0.15) is 5.00 Å². The van der Waals surface area contributed by atoms with Gasteiger partial charge in [-0.25, -0.2) is 0 Å². The largest absolute Gasteiger partial charge is 0.365 e. The van der Waals surface area contributed by atoms with Gasteiger partial charge in [-0.15, -0.1) is 21.5 Å². The van der Waals surface area contributed by atoms with Crippen LogP contribution in [0, 0.1) is 0 Å². The highest BCUT2D eigenvalue weighted by Gasteiger charge is 2.26. The van der Waals surface area contributed by atoms with Crippen molar-refractivity contribution in [2.45, 2.75) is 24.4 Å². The summed E-state index contributed by atoms with van der Waals surface area (Å²) in [4.78, 5) is 30.1. The number of carbonyl (C=O) groups is 2. The molecular formula is C23H20N6O2S2. The molecule has 0 bridgehead atoms. The van der Waals surface area contributed by atoms with Crippen molar-refractivity contribution < 1.29 is 9.59 Å². The van der Waals surface area contributed by atoms with Crippen LogP contribution in [0.25, 0.3) is 17.1 Å². The lowest BCUT2D eigenvalue weighted by atomic mass is 10.1. The zero-order valence-electron chi connectivity index (χ0n) is 17.5. The number of nitrogens with two attached hydrogens (primary N) is 1. The summed E-state index contributed by atoms with van der Waals surface area (Å²) < 4.78 is 1.91. The van der Waals surface area contributed by atoms with E-state index in [1.807, 2.05) is 47.0 Å². The summed E-state index contributed by atoms with van der Waals surface area (Å²) in [6.45, 7) is 0. The van der Waals surface area contributed by atoms with Crippen molar-refractivity contribution in [1.29, 1.82) is 0 Å². The highest BCUT2D eigenvalue weighted by Crippen LogP contribution is 2.39. The maximum absolute atomic E-state index is 12.8. The summed E-state index contributed by atoms with van der Waals surface area (Å²) in [5, 5.41) is 12.7. The number of amides is 2. The molecule has 0 spiro atoms. The lowest BCUT2D eigenvalue weighted by molar-refractivity contribution is -0.113. The van der Waals surface area contributed by atoms with Gasteiger partial charge in [0.2, 0.25) is 5.91 Å². The van der Waals surface area contributed by atoms with Gasteiger partial charge in [0.25, 0.3) is 5.91 Å². The van der Waals surface area contributed by atoms with Crippen LogP contribution >= 0.6 is 23.1 Å². The standard InChI is InChI=1S/C23H20N6O2S2/c24-20(31)19-16-9-4-10-17(16)33-22(19)26-18(30)13-32-23-28-27-21(14-6-5-11-25-12-14)29(23)15-7-2-1-3-8-15/h1-3,5-8,11-12H,4,9-10,13H2,(H2,24,31)(H,26,30). The Morgan fingerprint density at radius 3 is 2.73 bits per heavy atom. The second-order valence-electron chi connectivity index (χ2n) is 7.48. The highest BCUT2D eigenvalue weighted by molar-refractivity contribution is 7.99. The Morgan fingerprint density at radius 2 is 1.97 bits per heavy atom. The Kier molecular flexibility index (Phi) is 5.93. The average Bonchev–Trinajstić information content (AvgIpc) is 3.53. The number of anilines is 1. The van der Waals surface area contributed by atoms with Gasteiger partial charge in [-0.1, -0.05) is 30.0 Å². The molecule has 1 aliphatic rings. The molecule has 0 saturated heterocycles. The van der Waals surface area contributed by atoms with Crippen LogP contribution in [0.5, 0.6) is 0 Å². The number of thiophene rings is 1. The molecule has 4 aromatic rings. The molecule has 0 atom stereocenters. The number of nitrogens with one attached hydrogen (secondary N) is 1. The Hall–Kier alpha value is -3.50. The number of pyridine rings is 1. The molecule has 0 fully saturated rings. The minimum atomic E-state index is -0.498. The maximum atomic E-state index is 12.8. The Bertz CT molecular complexity index is 1320. The fourth-order valence-corrected chi connectivity index (χ4v) is 5.96. The third kappa shape index (κ3) is 4.27. The van der Waals surface area contributed by atoms with Gasteiger partial charge in [-0.2, -0.15) is 0 Å². The second-order valence-corrected chi connectivity index (χ2v) is 9.53. The minimum Gasteiger partial charge on any atom is -0.365 e. The van der Waals surface area contributed by atoms with E-state index >= 15 is 0 Å². The van der Waals surface area contributed by atoms with E-state index in [9.17, 15) is 9.59 Å². The Morgan fingerprint density at radius 1 is 1.12 bits per heavy atom. The number of carbonyl (C=O) groups excluding carboxylic acids is 2. The van der Waals surface area contributed by atoms with Gasteiger partial charge in [-0.3, -0.25) is 19.1 Å². The number of hydrogen-bond donors (Lipinski definition) is 2. The number of aryl methyl sites for hydroxylation is 1. The van der Waals surface area contributed by atoms with E-state index in [4.69, 9.17) is 5.73 Å². The number of rotatable bonds is 7. The third-order valence-electron chi connectivity index (χ3n) is 5.32. The van der Waals surface area contributed by atoms with Crippen molar-refractivity contribution in [3.05, 3.63) is 70.9 Å². The number of thioether (sulfide) groups is 1. The van der Waals surface area contributed by atoms with Crippen molar-refractivity contribution in [3.63, 3.8) is 0 Å². The monoisotopic (exact) mass is 476 g/mol. The average molecular weight is 477 g/mol. The maximum Gasteiger partial charge on any atom is 0.251 e. The fraction of sp³-hybridized carbons (Fsp3) is 0.174. The molecule has 1 aliphatic carbocycles. The molecule has 3 N–H and O–H groups in total. The Labute approximate surface area is 198 Å². The van der Waals surface area contributed by atoms with Crippen molar-refractivity contribution in [3.8, 4) is 17.1 Å². The molecule has 0 radical (unpaired) electrons. The van der Waals surface area contributed by atoms with Crippen molar-refractivity contribution in [1.82, 2.24) is 19.7 Å². The highest BCUT2D eigenvalue weighted by atomic mass is 32.2. The first-order chi connectivity index (χ1) is 16.1. The molecule has 0 unspecified atom stereocenters. The first-order valence-electron chi connectivity index (χ1n) is 10.4. The first kappa shape index (κ1) is 21.4. The number of aromatic nitrogens is 4. The van der Waals surface area contributed by atoms with Crippen LogP contribution in [0.3, 0.4) is 0 Å². The molecule has 3 heterocycles. The molecule has 0 aliphatic heterocycles. The molecule has 3 aromatic heterocycles. The molecule has 166 valence electrons. The molecule has 33 heavy (non-hydrogen) atoms. The number of benzene rings is 1. The number of fused-ring (bicyclic) bond motifs is 1. The number of para-hydroxylation sites is 1. The smallest absolute Gasteiger partial charge is 0.251 e. The fourth-order valence-electron chi connectivity index (χ4n) is 3.90. The third-order valence-corrected chi connectivity index (χ3v) is 7.46. The predicted octanol–water partition coefficient (Wildman–Crippen LogP) is 3.71. The number of hydrogen-bond acceptors (Lipinski definition) is 7. The normalized spacial score (nSPS) is 12.5. The number of primary amides is 1. The van der Waals surface area contributed by atoms with E-state index in [2.05, 4.69) is 20.5 Å². The molecule has 10 heteroatoms. The first-order valence-corrected chi connectivity index (χ1v) is 12.2. The zero-order valence-corrected chi connectivity index (χ0v) is 19.2. The van der Waals surface area contributed by atoms with Crippen LogP contribution in [0.4, 0.5) is 5.00 Å².